The van der Waals surface area contributed by atoms with Crippen LogP contribution in [0.4, 0.5) is 0 Å². The largest absolute Gasteiger partial charge is 0.466 e. The van der Waals surface area contributed by atoms with Crippen molar-refractivity contribution >= 4 is 11.9 Å². The van der Waals surface area contributed by atoms with E-state index in [9.17, 15) is 19.8 Å². The number of unbranched alkanes of at least 4 members (excludes halogenated alkanes) is 44. The molecule has 2 atom stereocenters. The van der Waals surface area contributed by atoms with Gasteiger partial charge in [-0.05, 0) is 57.8 Å². The number of aliphatic hydroxyl groups excluding tert-OH is 2. The summed E-state index contributed by atoms with van der Waals surface area (Å²) in [5.74, 6) is -0.0778. The summed E-state index contributed by atoms with van der Waals surface area (Å²) in [5.41, 5.74) is 0. The third kappa shape index (κ3) is 53.7. The lowest BCUT2D eigenvalue weighted by Crippen LogP contribution is -2.45. The molecule has 0 heterocycles. The zero-order valence-electron chi connectivity index (χ0n) is 45.9. The molecular formula is C62H119NO5. The van der Waals surface area contributed by atoms with E-state index in [-0.39, 0.29) is 18.5 Å². The molecule has 3 N–H and O–H groups in total. The van der Waals surface area contributed by atoms with E-state index in [4.69, 9.17) is 4.74 Å². The second-order valence-electron chi connectivity index (χ2n) is 21.0. The van der Waals surface area contributed by atoms with Gasteiger partial charge < -0.3 is 20.3 Å². The van der Waals surface area contributed by atoms with Crippen LogP contribution in [0.3, 0.4) is 0 Å². The van der Waals surface area contributed by atoms with Gasteiger partial charge in [-0.25, -0.2) is 0 Å². The SMILES string of the molecule is CCCCCCCCCCCCCCCCCCCCC/C=C/C(O)C(CO)NC(=O)CCCCCCCCC/C=C\CCCCCCCCOC(=O)CCCCCCCCCCCCCCC. The first-order chi connectivity index (χ1) is 33.5. The van der Waals surface area contributed by atoms with Crippen molar-refractivity contribution in [1.82, 2.24) is 5.32 Å². The molecular weight excluding hydrogens is 839 g/mol. The fourth-order valence-corrected chi connectivity index (χ4v) is 9.51. The van der Waals surface area contributed by atoms with E-state index in [2.05, 4.69) is 31.3 Å². The smallest absolute Gasteiger partial charge is 0.305 e. The Morgan fingerprint density at radius 1 is 0.397 bits per heavy atom. The molecule has 0 aromatic rings. The second-order valence-corrected chi connectivity index (χ2v) is 21.0. The number of hydrogen-bond acceptors (Lipinski definition) is 5. The van der Waals surface area contributed by atoms with Crippen LogP contribution in [0.25, 0.3) is 0 Å². The molecule has 6 nitrogen and oxygen atoms in total. The van der Waals surface area contributed by atoms with Crippen molar-refractivity contribution in [3.63, 3.8) is 0 Å². The third-order valence-corrected chi connectivity index (χ3v) is 14.2. The molecule has 2 unspecified atom stereocenters. The summed E-state index contributed by atoms with van der Waals surface area (Å²) in [4.78, 5) is 24.5. The molecule has 1 amide bonds. The summed E-state index contributed by atoms with van der Waals surface area (Å²) < 4.78 is 5.47. The molecule has 0 aromatic heterocycles. The minimum atomic E-state index is -0.853. The summed E-state index contributed by atoms with van der Waals surface area (Å²) in [5, 5.41) is 23.2. The van der Waals surface area contributed by atoms with Crippen LogP contribution in [0.2, 0.25) is 0 Å². The van der Waals surface area contributed by atoms with E-state index in [0.717, 1.165) is 57.8 Å². The molecule has 0 aliphatic heterocycles. The van der Waals surface area contributed by atoms with Gasteiger partial charge in [-0.15, -0.1) is 0 Å². The molecule has 6 heteroatoms. The molecule has 0 rings (SSSR count). The van der Waals surface area contributed by atoms with Gasteiger partial charge in [0.15, 0.2) is 0 Å². The number of amides is 1. The summed E-state index contributed by atoms with van der Waals surface area (Å²) in [7, 11) is 0. The van der Waals surface area contributed by atoms with Crippen LogP contribution in [0.1, 0.15) is 335 Å². The van der Waals surface area contributed by atoms with E-state index in [0.29, 0.717) is 19.4 Å². The quantitative estimate of drug-likeness (QED) is 0.0321. The molecule has 0 saturated heterocycles. The van der Waals surface area contributed by atoms with Crippen LogP contribution in [-0.2, 0) is 14.3 Å². The number of hydrogen-bond donors (Lipinski definition) is 3. The Morgan fingerprint density at radius 3 is 1.04 bits per heavy atom. The fraction of sp³-hybridized carbons (Fsp3) is 0.903. The number of esters is 1. The highest BCUT2D eigenvalue weighted by Gasteiger charge is 2.18. The Bertz CT molecular complexity index is 1060. The number of aliphatic hydroxyl groups is 2. The molecule has 0 bridgehead atoms. The van der Waals surface area contributed by atoms with Crippen molar-refractivity contribution in [3.05, 3.63) is 24.3 Å². The van der Waals surface area contributed by atoms with E-state index in [1.807, 2.05) is 6.08 Å². The number of rotatable bonds is 57. The van der Waals surface area contributed by atoms with Crippen molar-refractivity contribution in [2.24, 2.45) is 0 Å². The van der Waals surface area contributed by atoms with Crippen molar-refractivity contribution in [2.45, 2.75) is 347 Å². The lowest BCUT2D eigenvalue weighted by Gasteiger charge is -2.20. The monoisotopic (exact) mass is 958 g/mol. The molecule has 0 fully saturated rings. The van der Waals surface area contributed by atoms with E-state index in [1.165, 1.54) is 250 Å². The number of nitrogens with one attached hydrogen (secondary N) is 1. The standard InChI is InChI=1S/C62H119NO5/c1-3-5-7-9-11-13-15-17-18-19-20-21-22-24-27-31-34-38-42-46-50-54-60(65)59(58-64)63-61(66)55-51-47-43-39-35-32-28-25-23-26-29-33-37-41-45-49-53-57-68-62(67)56-52-48-44-40-36-30-16-14-12-10-8-6-4-2/h23,26,50,54,59-60,64-65H,3-22,24-25,27-49,51-53,55-58H2,1-2H3,(H,63,66)/b26-23-,54-50+. The number of carbonyl (C=O) groups is 2. The van der Waals surface area contributed by atoms with E-state index in [1.54, 1.807) is 6.08 Å². The first-order valence-corrected chi connectivity index (χ1v) is 30.6. The number of ether oxygens (including phenoxy) is 1. The minimum Gasteiger partial charge on any atom is -0.466 e. The highest BCUT2D eigenvalue weighted by Crippen LogP contribution is 2.17. The Labute approximate surface area is 424 Å². The predicted octanol–water partition coefficient (Wildman–Crippen LogP) is 19.0. The van der Waals surface area contributed by atoms with Gasteiger partial charge in [-0.3, -0.25) is 9.59 Å². The zero-order valence-corrected chi connectivity index (χ0v) is 45.9. The third-order valence-electron chi connectivity index (χ3n) is 14.2. The minimum absolute atomic E-state index is 0.000737. The fourth-order valence-electron chi connectivity index (χ4n) is 9.51. The number of allylic oxidation sites excluding steroid dienone is 3. The summed E-state index contributed by atoms with van der Waals surface area (Å²) >= 11 is 0. The lowest BCUT2D eigenvalue weighted by atomic mass is 10.0. The van der Waals surface area contributed by atoms with Gasteiger partial charge in [-0.1, -0.05) is 289 Å². The second kappa shape index (κ2) is 57.9. The van der Waals surface area contributed by atoms with Crippen molar-refractivity contribution in [2.75, 3.05) is 13.2 Å². The van der Waals surface area contributed by atoms with Crippen LogP contribution in [-0.4, -0.2) is 47.4 Å². The average molecular weight is 959 g/mol. The first kappa shape index (κ1) is 66.3. The van der Waals surface area contributed by atoms with Gasteiger partial charge in [0.2, 0.25) is 5.91 Å². The van der Waals surface area contributed by atoms with Crippen molar-refractivity contribution in [1.29, 1.82) is 0 Å². The topological polar surface area (TPSA) is 95.9 Å². The summed E-state index contributed by atoms with van der Waals surface area (Å²) in [6.45, 7) is 4.91. The molecule has 0 aliphatic rings. The Hall–Kier alpha value is -1.66. The normalized spacial score (nSPS) is 12.7. The van der Waals surface area contributed by atoms with Crippen LogP contribution >= 0.6 is 0 Å². The van der Waals surface area contributed by atoms with Crippen molar-refractivity contribution < 1.29 is 24.5 Å². The maximum atomic E-state index is 12.5. The van der Waals surface area contributed by atoms with Gasteiger partial charge in [-0.2, -0.15) is 0 Å². The molecule has 68 heavy (non-hydrogen) atoms. The molecule has 0 radical (unpaired) electrons. The van der Waals surface area contributed by atoms with Crippen LogP contribution < -0.4 is 5.32 Å². The highest BCUT2D eigenvalue weighted by atomic mass is 16.5. The zero-order chi connectivity index (χ0) is 49.3. The van der Waals surface area contributed by atoms with E-state index < -0.39 is 12.1 Å². The van der Waals surface area contributed by atoms with Crippen molar-refractivity contribution in [3.8, 4) is 0 Å². The molecule has 0 spiro atoms. The predicted molar refractivity (Wildman–Crippen MR) is 296 cm³/mol. The Kier molecular flexibility index (Phi) is 56.5. The lowest BCUT2D eigenvalue weighted by molar-refractivity contribution is -0.143. The van der Waals surface area contributed by atoms with Gasteiger partial charge in [0.05, 0.1) is 25.4 Å². The molecule has 0 aromatic carbocycles. The maximum absolute atomic E-state index is 12.5. The van der Waals surface area contributed by atoms with Gasteiger partial charge >= 0.3 is 5.97 Å². The van der Waals surface area contributed by atoms with Gasteiger partial charge in [0, 0.05) is 12.8 Å². The summed E-state index contributed by atoms with van der Waals surface area (Å²) in [6, 6.07) is -0.637. The number of carbonyl (C=O) groups excluding carboxylic acids is 2. The van der Waals surface area contributed by atoms with E-state index >= 15 is 0 Å². The molecule has 0 aliphatic carbocycles. The van der Waals surface area contributed by atoms with Crippen LogP contribution in [0.15, 0.2) is 24.3 Å². The Balaban J connectivity index is 3.48. The van der Waals surface area contributed by atoms with Gasteiger partial charge in [0.25, 0.3) is 0 Å². The molecule has 402 valence electrons. The van der Waals surface area contributed by atoms with Crippen LogP contribution in [0.5, 0.6) is 0 Å². The summed E-state index contributed by atoms with van der Waals surface area (Å²) in [6.07, 6.45) is 70.6. The van der Waals surface area contributed by atoms with Crippen LogP contribution in [0, 0.1) is 0 Å². The van der Waals surface area contributed by atoms with Gasteiger partial charge in [0.1, 0.15) is 0 Å². The highest BCUT2D eigenvalue weighted by molar-refractivity contribution is 5.76. The maximum Gasteiger partial charge on any atom is 0.305 e. The Morgan fingerprint density at radius 2 is 0.691 bits per heavy atom. The first-order valence-electron chi connectivity index (χ1n) is 30.6. The molecule has 0 saturated carbocycles. The average Bonchev–Trinajstić information content (AvgIpc) is 3.34.